The van der Waals surface area contributed by atoms with Gasteiger partial charge in [0.05, 0.1) is 0 Å². The third kappa shape index (κ3) is 9.66. The van der Waals surface area contributed by atoms with E-state index in [-0.39, 0.29) is 18.6 Å². The minimum Gasteiger partial charge on any atom is -0.279 e. The molecule has 0 spiro atoms. The van der Waals surface area contributed by atoms with Crippen LogP contribution in [0.15, 0.2) is 0 Å². The second-order valence-electron chi connectivity index (χ2n) is 1.84. The standard InChI is InChI=1S/2CHF3O3S.V/c2*2-1(3,4)8(5,6)7;/h2*(H,5,6,7);. The maximum absolute atomic E-state index is 10.7. The monoisotopic (exact) mass is 351 g/mol. The van der Waals surface area contributed by atoms with Crippen LogP contribution in [0.5, 0.6) is 0 Å². The van der Waals surface area contributed by atoms with E-state index in [0.717, 1.165) is 0 Å². The maximum atomic E-state index is 10.7. The molecule has 0 unspecified atom stereocenters. The molecule has 0 saturated heterocycles. The van der Waals surface area contributed by atoms with Crippen molar-refractivity contribution in [3.8, 4) is 0 Å². The number of rotatable bonds is 0. The van der Waals surface area contributed by atoms with Gasteiger partial charge >= 0.3 is 31.3 Å². The van der Waals surface area contributed by atoms with Crippen molar-refractivity contribution in [2.45, 2.75) is 11.0 Å². The number of hydrogen-bond acceptors (Lipinski definition) is 4. The van der Waals surface area contributed by atoms with Gasteiger partial charge in [-0.2, -0.15) is 43.2 Å². The van der Waals surface area contributed by atoms with Crippen LogP contribution in [0.1, 0.15) is 0 Å². The maximum Gasteiger partial charge on any atom is 0.522 e. The Labute approximate surface area is 102 Å². The van der Waals surface area contributed by atoms with Gasteiger partial charge in [0.25, 0.3) is 0 Å². The Kier molecular flexibility index (Phi) is 8.14. The zero-order valence-electron chi connectivity index (χ0n) is 7.06. The van der Waals surface area contributed by atoms with Crippen LogP contribution in [0, 0.1) is 0 Å². The van der Waals surface area contributed by atoms with E-state index in [4.69, 9.17) is 25.9 Å². The summed E-state index contributed by atoms with van der Waals surface area (Å²) < 4.78 is 115. The third-order valence-corrected chi connectivity index (χ3v) is 1.75. The molecule has 0 aliphatic heterocycles. The summed E-state index contributed by atoms with van der Waals surface area (Å²) in [5, 5.41) is 0. The molecule has 0 aromatic carbocycles. The molecule has 0 aromatic heterocycles. The first-order valence-electron chi connectivity index (χ1n) is 2.57. The first-order valence-corrected chi connectivity index (χ1v) is 5.45. The summed E-state index contributed by atoms with van der Waals surface area (Å²) in [6, 6.07) is 0. The molecule has 0 rings (SSSR count). The first-order chi connectivity index (χ1) is 6.50. The first kappa shape index (κ1) is 22.2. The van der Waals surface area contributed by atoms with Gasteiger partial charge in [0.2, 0.25) is 0 Å². The molecule has 0 fully saturated rings. The van der Waals surface area contributed by atoms with Crippen molar-refractivity contribution in [2.75, 3.05) is 0 Å². The van der Waals surface area contributed by atoms with Gasteiger partial charge in [-0.15, -0.1) is 0 Å². The smallest absolute Gasteiger partial charge is 0.279 e. The molecule has 2 N–H and O–H groups in total. The third-order valence-electron chi connectivity index (χ3n) is 0.585. The van der Waals surface area contributed by atoms with Gasteiger partial charge in [0.1, 0.15) is 0 Å². The summed E-state index contributed by atoms with van der Waals surface area (Å²) in [6.45, 7) is 0. The molecule has 0 bridgehead atoms. The SMILES string of the molecule is O=S(=O)(O)C(F)(F)F.O=S(=O)(O)C(F)(F)F.[V]. The van der Waals surface area contributed by atoms with Crippen LogP contribution in [0.25, 0.3) is 0 Å². The number of hydrogen-bond donors (Lipinski definition) is 2. The van der Waals surface area contributed by atoms with Gasteiger partial charge in [-0.1, -0.05) is 0 Å². The summed E-state index contributed by atoms with van der Waals surface area (Å²) >= 11 is 0. The van der Waals surface area contributed by atoms with Crippen LogP contribution >= 0.6 is 0 Å². The second-order valence-corrected chi connectivity index (χ2v) is 4.67. The fourth-order valence-corrected chi connectivity index (χ4v) is 0. The molecule has 17 heavy (non-hydrogen) atoms. The average molecular weight is 351 g/mol. The van der Waals surface area contributed by atoms with Crippen LogP contribution in [0.4, 0.5) is 26.3 Å². The molecular weight excluding hydrogens is 349 g/mol. The fourth-order valence-electron chi connectivity index (χ4n) is 0. The molecule has 0 atom stereocenters. The van der Waals surface area contributed by atoms with Crippen LogP contribution in [0.3, 0.4) is 0 Å². The molecule has 0 aromatic rings. The van der Waals surface area contributed by atoms with Gasteiger partial charge in [-0.3, -0.25) is 9.11 Å². The molecule has 0 amide bonds. The van der Waals surface area contributed by atoms with Crippen molar-refractivity contribution < 1.29 is 70.8 Å². The Morgan fingerprint density at radius 2 is 0.706 bits per heavy atom. The van der Waals surface area contributed by atoms with Crippen molar-refractivity contribution in [3.05, 3.63) is 0 Å². The predicted molar refractivity (Wildman–Crippen MR) is 35.2 cm³/mol. The number of alkyl halides is 6. The van der Waals surface area contributed by atoms with Crippen molar-refractivity contribution in [1.29, 1.82) is 0 Å². The Bertz CT molecular complexity index is 374. The molecule has 6 nitrogen and oxygen atoms in total. The Morgan fingerprint density at radius 1 is 0.647 bits per heavy atom. The van der Waals surface area contributed by atoms with Crippen molar-refractivity contribution in [2.24, 2.45) is 0 Å². The quantitative estimate of drug-likeness (QED) is 0.379. The molecule has 0 aliphatic rings. The molecule has 0 aliphatic carbocycles. The van der Waals surface area contributed by atoms with E-state index in [1.165, 1.54) is 0 Å². The van der Waals surface area contributed by atoms with E-state index < -0.39 is 31.3 Å². The number of halogens is 6. The van der Waals surface area contributed by atoms with Gasteiger partial charge < -0.3 is 0 Å². The van der Waals surface area contributed by atoms with Crippen LogP contribution in [-0.4, -0.2) is 37.0 Å². The van der Waals surface area contributed by atoms with Gasteiger partial charge in [0, 0.05) is 18.6 Å². The van der Waals surface area contributed by atoms with Crippen molar-refractivity contribution >= 4 is 20.2 Å². The normalized spacial score (nSPS) is 13.2. The average Bonchev–Trinajstić information content (AvgIpc) is 1.77. The van der Waals surface area contributed by atoms with E-state index in [2.05, 4.69) is 0 Å². The summed E-state index contributed by atoms with van der Waals surface area (Å²) in [5.74, 6) is 0. The molecule has 15 heteroatoms. The fraction of sp³-hybridized carbons (Fsp3) is 1.00. The molecule has 105 valence electrons. The Morgan fingerprint density at radius 3 is 0.706 bits per heavy atom. The van der Waals surface area contributed by atoms with Gasteiger partial charge in [0.15, 0.2) is 0 Å². The van der Waals surface area contributed by atoms with Crippen LogP contribution in [0.2, 0.25) is 0 Å². The van der Waals surface area contributed by atoms with Gasteiger partial charge in [-0.25, -0.2) is 0 Å². The molecular formula is C2H2F6O6S2V. The second kappa shape index (κ2) is 6.24. The van der Waals surface area contributed by atoms with Crippen molar-refractivity contribution in [3.63, 3.8) is 0 Å². The predicted octanol–water partition coefficient (Wildman–Crippen LogP) is 0.786. The van der Waals surface area contributed by atoms with E-state index in [0.29, 0.717) is 0 Å². The molecule has 1 radical (unpaired) electrons. The van der Waals surface area contributed by atoms with Crippen LogP contribution in [-0.2, 0) is 38.8 Å². The molecule has 0 saturated carbocycles. The zero-order valence-corrected chi connectivity index (χ0v) is 10.1. The minimum absolute atomic E-state index is 0. The van der Waals surface area contributed by atoms with E-state index in [1.54, 1.807) is 0 Å². The Balaban J connectivity index is -0.000000218. The zero-order chi connectivity index (χ0) is 14.0. The summed E-state index contributed by atoms with van der Waals surface area (Å²) in [5.41, 5.74) is -11.1. The summed E-state index contributed by atoms with van der Waals surface area (Å²) in [6.07, 6.45) is 0. The molecule has 0 heterocycles. The minimum atomic E-state index is -5.84. The van der Waals surface area contributed by atoms with E-state index >= 15 is 0 Å². The van der Waals surface area contributed by atoms with Crippen LogP contribution < -0.4 is 0 Å². The van der Waals surface area contributed by atoms with Crippen molar-refractivity contribution in [1.82, 2.24) is 0 Å². The summed E-state index contributed by atoms with van der Waals surface area (Å²) in [4.78, 5) is 0. The largest absolute Gasteiger partial charge is 0.522 e. The van der Waals surface area contributed by atoms with E-state index in [9.17, 15) is 26.3 Å². The van der Waals surface area contributed by atoms with Gasteiger partial charge in [-0.05, 0) is 0 Å². The topological polar surface area (TPSA) is 109 Å². The summed E-state index contributed by atoms with van der Waals surface area (Å²) in [7, 11) is -11.7. The van der Waals surface area contributed by atoms with E-state index in [1.807, 2.05) is 0 Å². The Hall–Kier alpha value is -0.0156.